The minimum atomic E-state index is -0.799. The number of benzene rings is 1. The third-order valence-electron chi connectivity index (χ3n) is 4.43. The number of aryl methyl sites for hydroxylation is 1. The number of aliphatic carboxylic acids is 1. The molecule has 1 heterocycles. The topological polar surface area (TPSA) is 79.3 Å². The zero-order valence-corrected chi connectivity index (χ0v) is 14.6. The molecule has 1 amide bonds. The molecule has 7 heteroatoms. The minimum Gasteiger partial charge on any atom is -0.481 e. The van der Waals surface area contributed by atoms with Crippen molar-refractivity contribution in [2.75, 3.05) is 0 Å². The van der Waals surface area contributed by atoms with Crippen molar-refractivity contribution >= 4 is 23.2 Å². The first-order valence-corrected chi connectivity index (χ1v) is 8.98. The maximum atomic E-state index is 13.0. The molecule has 1 aliphatic carbocycles. The Labute approximate surface area is 148 Å². The molecule has 1 aromatic heterocycles. The fourth-order valence-electron chi connectivity index (χ4n) is 3.10. The number of carboxylic acid groups (broad SMARTS) is 1. The Hall–Kier alpha value is -2.28. The van der Waals surface area contributed by atoms with Gasteiger partial charge in [-0.3, -0.25) is 9.59 Å². The number of amides is 1. The van der Waals surface area contributed by atoms with Crippen LogP contribution in [-0.2, 0) is 11.2 Å². The largest absolute Gasteiger partial charge is 0.481 e. The summed E-state index contributed by atoms with van der Waals surface area (Å²) in [5.41, 5.74) is 1.59. The number of rotatable bonds is 5. The lowest BCUT2D eigenvalue weighted by molar-refractivity contribution is -0.141. The molecule has 2 N–H and O–H groups in total. The molecule has 0 spiro atoms. The number of hydrogen-bond donors (Lipinski definition) is 2. The van der Waals surface area contributed by atoms with Crippen LogP contribution in [0.25, 0.3) is 0 Å². The van der Waals surface area contributed by atoms with Crippen LogP contribution in [0.5, 0.6) is 0 Å². The van der Waals surface area contributed by atoms with Gasteiger partial charge in [0, 0.05) is 12.5 Å². The van der Waals surface area contributed by atoms with E-state index in [-0.39, 0.29) is 23.7 Å². The number of nitrogens with zero attached hydrogens (tertiary/aromatic N) is 1. The number of carboxylic acids is 1. The zero-order chi connectivity index (χ0) is 18.0. The molecule has 0 unspecified atom stereocenters. The van der Waals surface area contributed by atoms with Crippen molar-refractivity contribution in [1.82, 2.24) is 10.3 Å². The molecule has 3 rings (SSSR count). The lowest BCUT2D eigenvalue weighted by atomic mass is 10.1. The Morgan fingerprint density at radius 2 is 2.04 bits per heavy atom. The number of nitrogens with one attached hydrogen (secondary N) is 1. The predicted octanol–water partition coefficient (Wildman–Crippen LogP) is 3.16. The van der Waals surface area contributed by atoms with Crippen molar-refractivity contribution in [1.29, 1.82) is 0 Å². The summed E-state index contributed by atoms with van der Waals surface area (Å²) in [5, 5.41) is 12.8. The van der Waals surface area contributed by atoms with Crippen molar-refractivity contribution in [2.24, 2.45) is 5.92 Å². The molecule has 1 aliphatic rings. The Morgan fingerprint density at radius 1 is 1.32 bits per heavy atom. The predicted molar refractivity (Wildman–Crippen MR) is 92.3 cm³/mol. The standard InChI is InChI=1S/C18H19FN2O3S/c1-10-16(17(22)21-14-7-4-12(9-14)18(23)24)25-15(20-10)8-11-2-5-13(19)6-3-11/h2-3,5-6,12,14H,4,7-9H2,1H3,(H,21,22)(H,23,24)/t12-,14+/m0/s1. The van der Waals surface area contributed by atoms with Crippen LogP contribution in [0.15, 0.2) is 24.3 Å². The van der Waals surface area contributed by atoms with Gasteiger partial charge in [0.2, 0.25) is 0 Å². The van der Waals surface area contributed by atoms with E-state index in [0.29, 0.717) is 36.3 Å². The van der Waals surface area contributed by atoms with E-state index in [1.165, 1.54) is 23.5 Å². The maximum Gasteiger partial charge on any atom is 0.306 e. The van der Waals surface area contributed by atoms with E-state index in [4.69, 9.17) is 5.11 Å². The quantitative estimate of drug-likeness (QED) is 0.856. The van der Waals surface area contributed by atoms with Gasteiger partial charge in [-0.1, -0.05) is 12.1 Å². The average Bonchev–Trinajstić information content (AvgIpc) is 3.16. The molecule has 0 aliphatic heterocycles. The molecule has 0 bridgehead atoms. The van der Waals surface area contributed by atoms with Gasteiger partial charge in [0.1, 0.15) is 10.7 Å². The summed E-state index contributed by atoms with van der Waals surface area (Å²) >= 11 is 1.32. The number of aromatic nitrogens is 1. The smallest absolute Gasteiger partial charge is 0.306 e. The molecular formula is C18H19FN2O3S. The van der Waals surface area contributed by atoms with Crippen LogP contribution >= 0.6 is 11.3 Å². The van der Waals surface area contributed by atoms with Crippen LogP contribution in [0.2, 0.25) is 0 Å². The molecule has 25 heavy (non-hydrogen) atoms. The lowest BCUT2D eigenvalue weighted by Crippen LogP contribution is -2.33. The summed E-state index contributed by atoms with van der Waals surface area (Å²) in [5.74, 6) is -1.65. The SMILES string of the molecule is Cc1nc(Cc2ccc(F)cc2)sc1C(=O)N[C@@H]1CC[C@H](C(=O)O)C1. The van der Waals surface area contributed by atoms with Gasteiger partial charge in [-0.2, -0.15) is 0 Å². The number of carbonyl (C=O) groups excluding carboxylic acids is 1. The van der Waals surface area contributed by atoms with Crippen LogP contribution in [0, 0.1) is 18.7 Å². The molecule has 5 nitrogen and oxygen atoms in total. The van der Waals surface area contributed by atoms with Crippen molar-refractivity contribution in [2.45, 2.75) is 38.6 Å². The normalized spacial score (nSPS) is 19.8. The maximum absolute atomic E-state index is 13.0. The summed E-state index contributed by atoms with van der Waals surface area (Å²) in [4.78, 5) is 28.5. The number of hydrogen-bond acceptors (Lipinski definition) is 4. The van der Waals surface area contributed by atoms with Gasteiger partial charge < -0.3 is 10.4 Å². The number of halogens is 1. The average molecular weight is 362 g/mol. The van der Waals surface area contributed by atoms with Crippen LogP contribution < -0.4 is 5.32 Å². The van der Waals surface area contributed by atoms with Gasteiger partial charge in [-0.05, 0) is 43.9 Å². The Morgan fingerprint density at radius 3 is 2.68 bits per heavy atom. The second-order valence-electron chi connectivity index (χ2n) is 6.34. The molecule has 0 radical (unpaired) electrons. The van der Waals surface area contributed by atoms with Crippen LogP contribution in [0.3, 0.4) is 0 Å². The highest BCUT2D eigenvalue weighted by atomic mass is 32.1. The molecule has 1 fully saturated rings. The highest BCUT2D eigenvalue weighted by Crippen LogP contribution is 2.27. The number of carbonyl (C=O) groups is 2. The lowest BCUT2D eigenvalue weighted by Gasteiger charge is -2.11. The summed E-state index contributed by atoms with van der Waals surface area (Å²) in [6, 6.07) is 6.12. The van der Waals surface area contributed by atoms with Crippen LogP contribution in [-0.4, -0.2) is 28.0 Å². The molecule has 1 aromatic carbocycles. The van der Waals surface area contributed by atoms with Crippen molar-refractivity contribution < 1.29 is 19.1 Å². The van der Waals surface area contributed by atoms with E-state index in [1.807, 2.05) is 0 Å². The molecule has 2 aromatic rings. The van der Waals surface area contributed by atoms with Gasteiger partial charge >= 0.3 is 5.97 Å². The van der Waals surface area contributed by atoms with Crippen molar-refractivity contribution in [3.05, 3.63) is 51.2 Å². The van der Waals surface area contributed by atoms with E-state index in [9.17, 15) is 14.0 Å². The number of thiazole rings is 1. The Balaban J connectivity index is 1.64. The third kappa shape index (κ3) is 4.22. The van der Waals surface area contributed by atoms with Gasteiger partial charge in [0.25, 0.3) is 5.91 Å². The second-order valence-corrected chi connectivity index (χ2v) is 7.43. The van der Waals surface area contributed by atoms with E-state index in [2.05, 4.69) is 10.3 Å². The molecule has 0 saturated heterocycles. The summed E-state index contributed by atoms with van der Waals surface area (Å²) in [6.07, 6.45) is 2.30. The van der Waals surface area contributed by atoms with Gasteiger partial charge in [0.05, 0.1) is 16.6 Å². The van der Waals surface area contributed by atoms with E-state index < -0.39 is 5.97 Å². The van der Waals surface area contributed by atoms with Crippen LogP contribution in [0.1, 0.15) is 45.2 Å². The third-order valence-corrected chi connectivity index (χ3v) is 5.59. The highest BCUT2D eigenvalue weighted by molar-refractivity contribution is 7.13. The van der Waals surface area contributed by atoms with E-state index in [0.717, 1.165) is 10.6 Å². The molecule has 2 atom stereocenters. The first-order chi connectivity index (χ1) is 11.9. The first kappa shape index (κ1) is 17.5. The Bertz CT molecular complexity index is 788. The van der Waals surface area contributed by atoms with Gasteiger partial charge in [0.15, 0.2) is 0 Å². The summed E-state index contributed by atoms with van der Waals surface area (Å²) in [6.45, 7) is 1.79. The highest BCUT2D eigenvalue weighted by Gasteiger charge is 2.31. The summed E-state index contributed by atoms with van der Waals surface area (Å²) in [7, 11) is 0. The molecule has 1 saturated carbocycles. The molecule has 132 valence electrons. The second kappa shape index (κ2) is 7.31. The van der Waals surface area contributed by atoms with Crippen molar-refractivity contribution in [3.8, 4) is 0 Å². The minimum absolute atomic E-state index is 0.101. The zero-order valence-electron chi connectivity index (χ0n) is 13.8. The van der Waals surface area contributed by atoms with E-state index in [1.54, 1.807) is 19.1 Å². The van der Waals surface area contributed by atoms with E-state index >= 15 is 0 Å². The Kier molecular flexibility index (Phi) is 5.13. The van der Waals surface area contributed by atoms with Gasteiger partial charge in [-0.15, -0.1) is 11.3 Å². The molecular weight excluding hydrogens is 343 g/mol. The fourth-order valence-corrected chi connectivity index (χ4v) is 4.11. The monoisotopic (exact) mass is 362 g/mol. The van der Waals surface area contributed by atoms with Gasteiger partial charge in [-0.25, -0.2) is 9.37 Å². The first-order valence-electron chi connectivity index (χ1n) is 8.17. The fraction of sp³-hybridized carbons (Fsp3) is 0.389. The van der Waals surface area contributed by atoms with Crippen LogP contribution in [0.4, 0.5) is 4.39 Å². The van der Waals surface area contributed by atoms with Crippen molar-refractivity contribution in [3.63, 3.8) is 0 Å². The summed E-state index contributed by atoms with van der Waals surface area (Å²) < 4.78 is 13.0.